The van der Waals surface area contributed by atoms with Gasteiger partial charge in [0, 0.05) is 11.8 Å². The SMILES string of the molecule is O=COc1ccc(-c2ccnc(Cl)n2)cc1. The van der Waals surface area contributed by atoms with Gasteiger partial charge in [-0.05, 0) is 41.9 Å². The predicted molar refractivity (Wildman–Crippen MR) is 59.2 cm³/mol. The molecule has 0 atom stereocenters. The third kappa shape index (κ3) is 2.35. The van der Waals surface area contributed by atoms with Gasteiger partial charge in [-0.25, -0.2) is 9.97 Å². The van der Waals surface area contributed by atoms with E-state index in [1.165, 1.54) is 0 Å². The van der Waals surface area contributed by atoms with Crippen molar-refractivity contribution in [2.75, 3.05) is 0 Å². The highest BCUT2D eigenvalue weighted by atomic mass is 35.5. The Morgan fingerprint density at radius 1 is 1.19 bits per heavy atom. The topological polar surface area (TPSA) is 52.1 Å². The Labute approximate surface area is 96.9 Å². The quantitative estimate of drug-likeness (QED) is 0.604. The van der Waals surface area contributed by atoms with Crippen molar-refractivity contribution in [2.45, 2.75) is 0 Å². The van der Waals surface area contributed by atoms with E-state index in [1.807, 2.05) is 0 Å². The first kappa shape index (κ1) is 10.6. The molecular weight excluding hydrogens is 228 g/mol. The minimum Gasteiger partial charge on any atom is -0.429 e. The van der Waals surface area contributed by atoms with Gasteiger partial charge in [-0.15, -0.1) is 0 Å². The smallest absolute Gasteiger partial charge is 0.298 e. The van der Waals surface area contributed by atoms with Crippen LogP contribution in [0.4, 0.5) is 0 Å². The van der Waals surface area contributed by atoms with Gasteiger partial charge in [0.1, 0.15) is 5.75 Å². The highest BCUT2D eigenvalue weighted by molar-refractivity contribution is 6.28. The monoisotopic (exact) mass is 234 g/mol. The molecule has 5 heteroatoms. The van der Waals surface area contributed by atoms with Crippen LogP contribution in [0.5, 0.6) is 5.75 Å². The maximum absolute atomic E-state index is 10.1. The maximum atomic E-state index is 10.1. The largest absolute Gasteiger partial charge is 0.429 e. The lowest BCUT2D eigenvalue weighted by Crippen LogP contribution is -1.89. The van der Waals surface area contributed by atoms with Crippen LogP contribution in [0, 0.1) is 0 Å². The molecule has 0 saturated heterocycles. The van der Waals surface area contributed by atoms with Crippen LogP contribution >= 0.6 is 11.6 Å². The van der Waals surface area contributed by atoms with E-state index in [0.29, 0.717) is 12.2 Å². The second-order valence-corrected chi connectivity index (χ2v) is 3.29. The third-order valence-electron chi connectivity index (χ3n) is 1.96. The molecule has 0 radical (unpaired) electrons. The Balaban J connectivity index is 2.31. The van der Waals surface area contributed by atoms with Crippen molar-refractivity contribution in [3.8, 4) is 17.0 Å². The number of carbonyl (C=O) groups is 1. The number of rotatable bonds is 3. The Kier molecular flexibility index (Phi) is 3.12. The summed E-state index contributed by atoms with van der Waals surface area (Å²) >= 11 is 5.68. The molecule has 0 fully saturated rings. The molecule has 4 nitrogen and oxygen atoms in total. The van der Waals surface area contributed by atoms with Crippen LogP contribution in [-0.4, -0.2) is 16.4 Å². The highest BCUT2D eigenvalue weighted by Gasteiger charge is 2.01. The molecule has 0 spiro atoms. The maximum Gasteiger partial charge on any atom is 0.298 e. The molecule has 0 unspecified atom stereocenters. The number of ether oxygens (including phenoxy) is 1. The second kappa shape index (κ2) is 4.72. The molecule has 0 aliphatic heterocycles. The van der Waals surface area contributed by atoms with Crippen molar-refractivity contribution in [2.24, 2.45) is 0 Å². The van der Waals surface area contributed by atoms with E-state index in [4.69, 9.17) is 11.6 Å². The van der Waals surface area contributed by atoms with Gasteiger partial charge in [0.15, 0.2) is 0 Å². The Morgan fingerprint density at radius 3 is 2.56 bits per heavy atom. The first-order chi connectivity index (χ1) is 7.79. The summed E-state index contributed by atoms with van der Waals surface area (Å²) < 4.78 is 4.68. The van der Waals surface area contributed by atoms with Crippen molar-refractivity contribution in [1.29, 1.82) is 0 Å². The zero-order valence-corrected chi connectivity index (χ0v) is 8.89. The van der Waals surface area contributed by atoms with Gasteiger partial charge in [0.2, 0.25) is 5.28 Å². The Morgan fingerprint density at radius 2 is 1.94 bits per heavy atom. The minimum atomic E-state index is 0.200. The van der Waals surface area contributed by atoms with Gasteiger partial charge < -0.3 is 4.74 Å². The van der Waals surface area contributed by atoms with Crippen LogP contribution in [-0.2, 0) is 4.79 Å². The third-order valence-corrected chi connectivity index (χ3v) is 2.14. The molecule has 0 amide bonds. The molecule has 0 saturated carbocycles. The summed E-state index contributed by atoms with van der Waals surface area (Å²) in [6.45, 7) is 0.385. The molecule has 1 aromatic carbocycles. The molecule has 16 heavy (non-hydrogen) atoms. The van der Waals surface area contributed by atoms with Crippen molar-refractivity contribution in [1.82, 2.24) is 9.97 Å². The molecule has 1 aromatic heterocycles. The number of nitrogens with zero attached hydrogens (tertiary/aromatic N) is 2. The van der Waals surface area contributed by atoms with E-state index in [-0.39, 0.29) is 5.28 Å². The van der Waals surface area contributed by atoms with E-state index in [0.717, 1.165) is 11.3 Å². The minimum absolute atomic E-state index is 0.200. The lowest BCUT2D eigenvalue weighted by molar-refractivity contribution is -0.120. The van der Waals surface area contributed by atoms with Crippen molar-refractivity contribution in [3.05, 3.63) is 41.8 Å². The number of aromatic nitrogens is 2. The highest BCUT2D eigenvalue weighted by Crippen LogP contribution is 2.20. The average molecular weight is 235 g/mol. The fourth-order valence-corrected chi connectivity index (χ4v) is 1.40. The van der Waals surface area contributed by atoms with Crippen molar-refractivity contribution >= 4 is 18.1 Å². The molecule has 1 heterocycles. The average Bonchev–Trinajstić information content (AvgIpc) is 2.30. The van der Waals surface area contributed by atoms with Crippen LogP contribution in [0.2, 0.25) is 5.28 Å². The predicted octanol–water partition coefficient (Wildman–Crippen LogP) is 2.33. The summed E-state index contributed by atoms with van der Waals surface area (Å²) in [7, 11) is 0. The van der Waals surface area contributed by atoms with Gasteiger partial charge in [-0.2, -0.15) is 0 Å². The number of carbonyl (C=O) groups excluding carboxylic acids is 1. The van der Waals surface area contributed by atoms with E-state index >= 15 is 0 Å². The van der Waals surface area contributed by atoms with Gasteiger partial charge in [0.05, 0.1) is 5.69 Å². The van der Waals surface area contributed by atoms with Crippen LogP contribution < -0.4 is 4.74 Å². The first-order valence-corrected chi connectivity index (χ1v) is 4.86. The van der Waals surface area contributed by atoms with Crippen LogP contribution in [0.15, 0.2) is 36.5 Å². The van der Waals surface area contributed by atoms with Crippen LogP contribution in [0.3, 0.4) is 0 Å². The van der Waals surface area contributed by atoms with Crippen molar-refractivity contribution < 1.29 is 9.53 Å². The molecular formula is C11H7ClN2O2. The number of hydrogen-bond acceptors (Lipinski definition) is 4. The zero-order valence-electron chi connectivity index (χ0n) is 8.13. The Bertz CT molecular complexity index is 500. The van der Waals surface area contributed by atoms with Gasteiger partial charge in [-0.3, -0.25) is 4.79 Å². The van der Waals surface area contributed by atoms with E-state index in [2.05, 4.69) is 14.7 Å². The summed E-state index contributed by atoms with van der Waals surface area (Å²) in [5.74, 6) is 0.485. The summed E-state index contributed by atoms with van der Waals surface area (Å²) in [5, 5.41) is 0.200. The summed E-state index contributed by atoms with van der Waals surface area (Å²) in [6.07, 6.45) is 1.58. The molecule has 0 N–H and O–H groups in total. The Hall–Kier alpha value is -1.94. The number of benzene rings is 1. The summed E-state index contributed by atoms with van der Waals surface area (Å²) in [4.78, 5) is 18.0. The van der Waals surface area contributed by atoms with E-state index in [9.17, 15) is 4.79 Å². The molecule has 2 aromatic rings. The molecule has 0 aliphatic carbocycles. The van der Waals surface area contributed by atoms with Crippen LogP contribution in [0.1, 0.15) is 0 Å². The van der Waals surface area contributed by atoms with Gasteiger partial charge in [-0.1, -0.05) is 0 Å². The lowest BCUT2D eigenvalue weighted by Gasteiger charge is -2.01. The van der Waals surface area contributed by atoms with Gasteiger partial charge in [0.25, 0.3) is 6.47 Å². The molecule has 80 valence electrons. The fraction of sp³-hybridized carbons (Fsp3) is 0. The van der Waals surface area contributed by atoms with E-state index < -0.39 is 0 Å². The summed E-state index contributed by atoms with van der Waals surface area (Å²) in [5.41, 5.74) is 1.60. The standard InChI is InChI=1S/C11H7ClN2O2/c12-11-13-6-5-10(14-11)8-1-3-9(4-2-8)16-7-15/h1-7H. The van der Waals surface area contributed by atoms with E-state index in [1.54, 1.807) is 36.5 Å². The fourth-order valence-electron chi connectivity index (χ4n) is 1.26. The van der Waals surface area contributed by atoms with Crippen LogP contribution in [0.25, 0.3) is 11.3 Å². The second-order valence-electron chi connectivity index (χ2n) is 2.95. The molecule has 0 bridgehead atoms. The van der Waals surface area contributed by atoms with Gasteiger partial charge >= 0.3 is 0 Å². The summed E-state index contributed by atoms with van der Waals surface area (Å²) in [6, 6.07) is 8.69. The molecule has 2 rings (SSSR count). The van der Waals surface area contributed by atoms with Crippen molar-refractivity contribution in [3.63, 3.8) is 0 Å². The molecule has 0 aliphatic rings. The number of hydrogen-bond donors (Lipinski definition) is 0. The normalized spacial score (nSPS) is 9.81. The zero-order chi connectivity index (χ0) is 11.4. The number of halogens is 1. The lowest BCUT2D eigenvalue weighted by atomic mass is 10.1. The first-order valence-electron chi connectivity index (χ1n) is 4.49.